The standard InChI is InChI=1S/C17H34N2/c1-9-14-13(12-18-10-2)11-15(16(3,4)5)19(14)17(6,7)8/h9,13-15,18H,1,10-12H2,2-8H3/t13-,14-,15+/m1/s1. The van der Waals surface area contributed by atoms with E-state index in [1.807, 2.05) is 0 Å². The average Bonchev–Trinajstić information content (AvgIpc) is 2.63. The molecule has 0 aromatic heterocycles. The van der Waals surface area contributed by atoms with Crippen molar-refractivity contribution in [3.8, 4) is 0 Å². The molecule has 0 bridgehead atoms. The summed E-state index contributed by atoms with van der Waals surface area (Å²) in [5.74, 6) is 0.681. The van der Waals surface area contributed by atoms with E-state index in [4.69, 9.17) is 0 Å². The third kappa shape index (κ3) is 3.82. The van der Waals surface area contributed by atoms with Gasteiger partial charge in [0.1, 0.15) is 0 Å². The van der Waals surface area contributed by atoms with Crippen molar-refractivity contribution in [1.29, 1.82) is 0 Å². The molecule has 0 radical (unpaired) electrons. The summed E-state index contributed by atoms with van der Waals surface area (Å²) in [6.07, 6.45) is 3.43. The minimum Gasteiger partial charge on any atom is -0.317 e. The summed E-state index contributed by atoms with van der Waals surface area (Å²) in [6, 6.07) is 1.11. The molecule has 1 N–H and O–H groups in total. The zero-order valence-corrected chi connectivity index (χ0v) is 14.1. The molecule has 0 aromatic rings. The molecule has 19 heavy (non-hydrogen) atoms. The molecule has 2 nitrogen and oxygen atoms in total. The first-order chi connectivity index (χ1) is 8.62. The van der Waals surface area contributed by atoms with Gasteiger partial charge in [-0.2, -0.15) is 0 Å². The number of nitrogens with one attached hydrogen (secondary N) is 1. The van der Waals surface area contributed by atoms with Gasteiger partial charge in [-0.1, -0.05) is 33.8 Å². The van der Waals surface area contributed by atoms with Gasteiger partial charge in [-0.25, -0.2) is 0 Å². The summed E-state index contributed by atoms with van der Waals surface area (Å²) >= 11 is 0. The number of hydrogen-bond acceptors (Lipinski definition) is 2. The zero-order valence-electron chi connectivity index (χ0n) is 14.1. The van der Waals surface area contributed by atoms with E-state index < -0.39 is 0 Å². The summed E-state index contributed by atoms with van der Waals surface area (Å²) in [4.78, 5) is 2.70. The maximum absolute atomic E-state index is 4.11. The Labute approximate surface area is 120 Å². The van der Waals surface area contributed by atoms with Gasteiger partial charge in [0.2, 0.25) is 0 Å². The third-order valence-corrected chi connectivity index (χ3v) is 4.34. The molecule has 0 aromatic carbocycles. The summed E-state index contributed by atoms with van der Waals surface area (Å²) < 4.78 is 0. The van der Waals surface area contributed by atoms with Crippen molar-refractivity contribution in [1.82, 2.24) is 10.2 Å². The van der Waals surface area contributed by atoms with Gasteiger partial charge in [-0.15, -0.1) is 6.58 Å². The molecule has 0 aliphatic carbocycles. The molecular formula is C17H34N2. The van der Waals surface area contributed by atoms with E-state index in [2.05, 4.69) is 71.3 Å². The Balaban J connectivity index is 3.02. The quantitative estimate of drug-likeness (QED) is 0.781. The first-order valence-electron chi connectivity index (χ1n) is 7.74. The minimum atomic E-state index is 0.192. The van der Waals surface area contributed by atoms with Crippen LogP contribution in [-0.2, 0) is 0 Å². The highest BCUT2D eigenvalue weighted by Gasteiger charge is 2.48. The number of rotatable bonds is 4. The second-order valence-corrected chi connectivity index (χ2v) is 7.99. The lowest BCUT2D eigenvalue weighted by atomic mass is 9.82. The van der Waals surface area contributed by atoms with Crippen LogP contribution in [-0.4, -0.2) is 35.6 Å². The van der Waals surface area contributed by atoms with Crippen LogP contribution in [0.1, 0.15) is 54.9 Å². The summed E-state index contributed by atoms with van der Waals surface area (Å²) in [5, 5.41) is 3.52. The van der Waals surface area contributed by atoms with Crippen LogP contribution in [0.2, 0.25) is 0 Å². The normalized spacial score (nSPS) is 29.7. The van der Waals surface area contributed by atoms with Gasteiger partial charge in [0.15, 0.2) is 0 Å². The highest BCUT2D eigenvalue weighted by atomic mass is 15.3. The molecule has 3 atom stereocenters. The van der Waals surface area contributed by atoms with Gasteiger partial charge in [-0.05, 0) is 51.6 Å². The Morgan fingerprint density at radius 2 is 1.79 bits per heavy atom. The largest absolute Gasteiger partial charge is 0.317 e. The summed E-state index contributed by atoms with van der Waals surface area (Å²) in [6.45, 7) is 22.5. The second kappa shape index (κ2) is 5.97. The van der Waals surface area contributed by atoms with E-state index >= 15 is 0 Å². The van der Waals surface area contributed by atoms with E-state index in [0.717, 1.165) is 13.1 Å². The molecule has 1 aliphatic rings. The van der Waals surface area contributed by atoms with Crippen LogP contribution >= 0.6 is 0 Å². The summed E-state index contributed by atoms with van der Waals surface area (Å²) in [7, 11) is 0. The molecule has 0 amide bonds. The van der Waals surface area contributed by atoms with Crippen molar-refractivity contribution < 1.29 is 0 Å². The van der Waals surface area contributed by atoms with Crippen molar-refractivity contribution in [2.75, 3.05) is 13.1 Å². The zero-order chi connectivity index (χ0) is 14.8. The Hall–Kier alpha value is -0.340. The van der Waals surface area contributed by atoms with Gasteiger partial charge in [0, 0.05) is 17.6 Å². The topological polar surface area (TPSA) is 15.3 Å². The molecule has 0 unspecified atom stereocenters. The van der Waals surface area contributed by atoms with Crippen LogP contribution < -0.4 is 5.32 Å². The van der Waals surface area contributed by atoms with E-state index in [-0.39, 0.29) is 5.54 Å². The fourth-order valence-electron chi connectivity index (χ4n) is 3.50. The Morgan fingerprint density at radius 3 is 2.16 bits per heavy atom. The van der Waals surface area contributed by atoms with E-state index in [0.29, 0.717) is 23.4 Å². The highest BCUT2D eigenvalue weighted by molar-refractivity contribution is 5.08. The average molecular weight is 266 g/mol. The van der Waals surface area contributed by atoms with Gasteiger partial charge in [0.25, 0.3) is 0 Å². The first-order valence-corrected chi connectivity index (χ1v) is 7.74. The van der Waals surface area contributed by atoms with Crippen LogP contribution in [0.15, 0.2) is 12.7 Å². The highest BCUT2D eigenvalue weighted by Crippen LogP contribution is 2.43. The molecule has 1 saturated heterocycles. The molecule has 1 rings (SSSR count). The van der Waals surface area contributed by atoms with Crippen LogP contribution in [0.5, 0.6) is 0 Å². The predicted molar refractivity (Wildman–Crippen MR) is 85.5 cm³/mol. The molecule has 2 heteroatoms. The summed E-state index contributed by atoms with van der Waals surface area (Å²) in [5.41, 5.74) is 0.507. The second-order valence-electron chi connectivity index (χ2n) is 7.99. The van der Waals surface area contributed by atoms with Crippen molar-refractivity contribution in [2.24, 2.45) is 11.3 Å². The predicted octanol–water partition coefficient (Wildman–Crippen LogP) is 3.69. The lowest BCUT2D eigenvalue weighted by Gasteiger charge is -2.45. The first kappa shape index (κ1) is 16.7. The Bertz CT molecular complexity index is 295. The lowest BCUT2D eigenvalue weighted by Crippen LogP contribution is -2.53. The molecule has 112 valence electrons. The number of nitrogens with zero attached hydrogens (tertiary/aromatic N) is 1. The van der Waals surface area contributed by atoms with Crippen LogP contribution in [0.3, 0.4) is 0 Å². The fraction of sp³-hybridized carbons (Fsp3) is 0.882. The van der Waals surface area contributed by atoms with Crippen molar-refractivity contribution >= 4 is 0 Å². The van der Waals surface area contributed by atoms with Crippen LogP contribution in [0, 0.1) is 11.3 Å². The molecule has 0 spiro atoms. The van der Waals surface area contributed by atoms with Crippen molar-refractivity contribution in [3.05, 3.63) is 12.7 Å². The fourth-order valence-corrected chi connectivity index (χ4v) is 3.50. The molecule has 0 saturated carbocycles. The van der Waals surface area contributed by atoms with Crippen molar-refractivity contribution in [3.63, 3.8) is 0 Å². The van der Waals surface area contributed by atoms with Crippen molar-refractivity contribution in [2.45, 2.75) is 72.5 Å². The van der Waals surface area contributed by atoms with Crippen LogP contribution in [0.25, 0.3) is 0 Å². The van der Waals surface area contributed by atoms with E-state index in [1.54, 1.807) is 0 Å². The monoisotopic (exact) mass is 266 g/mol. The Morgan fingerprint density at radius 1 is 1.21 bits per heavy atom. The van der Waals surface area contributed by atoms with Gasteiger partial charge in [0.05, 0.1) is 0 Å². The van der Waals surface area contributed by atoms with Gasteiger partial charge in [-0.3, -0.25) is 4.90 Å². The maximum atomic E-state index is 4.11. The van der Waals surface area contributed by atoms with E-state index in [9.17, 15) is 0 Å². The minimum absolute atomic E-state index is 0.192. The van der Waals surface area contributed by atoms with E-state index in [1.165, 1.54) is 6.42 Å². The lowest BCUT2D eigenvalue weighted by molar-refractivity contribution is 0.0365. The number of hydrogen-bond donors (Lipinski definition) is 1. The van der Waals surface area contributed by atoms with Gasteiger partial charge < -0.3 is 5.32 Å². The Kier molecular flexibility index (Phi) is 5.25. The van der Waals surface area contributed by atoms with Crippen LogP contribution in [0.4, 0.5) is 0 Å². The molecule has 1 heterocycles. The smallest absolute Gasteiger partial charge is 0.0324 e. The van der Waals surface area contributed by atoms with Gasteiger partial charge >= 0.3 is 0 Å². The molecular weight excluding hydrogens is 232 g/mol. The SMILES string of the molecule is C=C[C@@H]1[C@@H](CNCC)C[C@@H](C(C)(C)C)N1C(C)(C)C. The molecule has 1 aliphatic heterocycles. The number of likely N-dealkylation sites (tertiary alicyclic amines) is 1. The third-order valence-electron chi connectivity index (χ3n) is 4.34. The molecule has 1 fully saturated rings. The maximum Gasteiger partial charge on any atom is 0.0324 e.